The van der Waals surface area contributed by atoms with Crippen LogP contribution in [0.5, 0.6) is 0 Å². The van der Waals surface area contributed by atoms with Crippen molar-refractivity contribution in [3.63, 3.8) is 0 Å². The van der Waals surface area contributed by atoms with Crippen molar-refractivity contribution in [2.75, 3.05) is 20.1 Å². The van der Waals surface area contributed by atoms with Crippen LogP contribution in [0.2, 0.25) is 0 Å². The molecule has 15 heavy (non-hydrogen) atoms. The maximum Gasteiger partial charge on any atom is 0.251 e. The Morgan fingerprint density at radius 3 is 2.80 bits per heavy atom. The quantitative estimate of drug-likeness (QED) is 0.735. The molecule has 0 aromatic heterocycles. The van der Waals surface area contributed by atoms with Gasteiger partial charge < -0.3 is 15.4 Å². The van der Waals surface area contributed by atoms with Gasteiger partial charge >= 0.3 is 0 Å². The molecule has 4 nitrogen and oxygen atoms in total. The van der Waals surface area contributed by atoms with Crippen molar-refractivity contribution in [1.29, 1.82) is 0 Å². The number of carbonyl (C=O) groups excluding carboxylic acids is 1. The molecule has 1 aliphatic heterocycles. The molecular weight excluding hydrogens is 192 g/mol. The van der Waals surface area contributed by atoms with Crippen LogP contribution in [0.25, 0.3) is 0 Å². The van der Waals surface area contributed by atoms with Crippen molar-refractivity contribution in [3.8, 4) is 0 Å². The smallest absolute Gasteiger partial charge is 0.251 e. The molecule has 88 valence electrons. The average Bonchev–Trinajstić information content (AvgIpc) is 2.73. The van der Waals surface area contributed by atoms with Crippen LogP contribution in [0.4, 0.5) is 0 Å². The van der Waals surface area contributed by atoms with E-state index >= 15 is 0 Å². The highest BCUT2D eigenvalue weighted by Crippen LogP contribution is 2.20. The van der Waals surface area contributed by atoms with Crippen molar-refractivity contribution in [1.82, 2.24) is 4.90 Å². The molecule has 0 bridgehead atoms. The normalized spacial score (nSPS) is 25.5. The van der Waals surface area contributed by atoms with Crippen LogP contribution in [0, 0.1) is 0 Å². The minimum Gasteiger partial charge on any atom is -0.364 e. The number of likely N-dealkylation sites (N-methyl/N-ethyl adjacent to an activating group) is 1. The number of amides is 1. The number of hydrogen-bond acceptors (Lipinski definition) is 3. The molecule has 1 aliphatic rings. The van der Waals surface area contributed by atoms with Crippen molar-refractivity contribution >= 4 is 5.91 Å². The Morgan fingerprint density at radius 2 is 2.27 bits per heavy atom. The predicted octanol–water partition coefficient (Wildman–Crippen LogP) is 0.751. The molecule has 1 saturated heterocycles. The lowest BCUT2D eigenvalue weighted by Gasteiger charge is -2.20. The molecule has 1 amide bonds. The van der Waals surface area contributed by atoms with Crippen molar-refractivity contribution in [2.45, 2.75) is 44.8 Å². The first-order chi connectivity index (χ1) is 7.19. The summed E-state index contributed by atoms with van der Waals surface area (Å²) in [4.78, 5) is 13.6. The van der Waals surface area contributed by atoms with E-state index in [-0.39, 0.29) is 18.1 Å². The fraction of sp³-hybridized carbons (Fsp3) is 0.909. The summed E-state index contributed by atoms with van der Waals surface area (Å²) < 4.78 is 5.56. The molecule has 0 saturated carbocycles. The summed E-state index contributed by atoms with van der Waals surface area (Å²) in [5.74, 6) is 0.111. The number of unbranched alkanes of at least 4 members (excludes halogenated alkanes) is 1. The van der Waals surface area contributed by atoms with Crippen LogP contribution >= 0.6 is 0 Å². The Hall–Kier alpha value is -0.610. The third kappa shape index (κ3) is 3.47. The highest BCUT2D eigenvalue weighted by atomic mass is 16.5. The molecule has 1 fully saturated rings. The van der Waals surface area contributed by atoms with E-state index in [1.165, 1.54) is 0 Å². The predicted molar refractivity (Wildman–Crippen MR) is 59.5 cm³/mol. The van der Waals surface area contributed by atoms with Gasteiger partial charge in [0.2, 0.25) is 0 Å². The standard InChI is InChI=1S/C11H22N2O2/c1-3-4-7-13(2)11(14)10-6-5-9(8-12)15-10/h9-10H,3-8,12H2,1-2H3. The Morgan fingerprint density at radius 1 is 1.53 bits per heavy atom. The van der Waals surface area contributed by atoms with E-state index in [0.717, 1.165) is 32.2 Å². The minimum atomic E-state index is -0.250. The van der Waals surface area contributed by atoms with E-state index in [9.17, 15) is 4.79 Å². The Kier molecular flexibility index (Phi) is 5.05. The van der Waals surface area contributed by atoms with Gasteiger partial charge in [0.15, 0.2) is 0 Å². The molecule has 0 aromatic rings. The summed E-state index contributed by atoms with van der Waals surface area (Å²) in [6, 6.07) is 0. The van der Waals surface area contributed by atoms with Crippen LogP contribution in [0.3, 0.4) is 0 Å². The zero-order valence-corrected chi connectivity index (χ0v) is 9.74. The van der Waals surface area contributed by atoms with E-state index < -0.39 is 0 Å². The molecule has 2 N–H and O–H groups in total. The maximum atomic E-state index is 11.9. The van der Waals surface area contributed by atoms with Crippen LogP contribution < -0.4 is 5.73 Å². The largest absolute Gasteiger partial charge is 0.364 e. The molecule has 0 spiro atoms. The van der Waals surface area contributed by atoms with Crippen LogP contribution in [0.1, 0.15) is 32.6 Å². The number of hydrogen-bond donors (Lipinski definition) is 1. The minimum absolute atomic E-state index is 0.0820. The molecule has 1 rings (SSSR count). The second kappa shape index (κ2) is 6.08. The third-order valence-corrected chi connectivity index (χ3v) is 2.87. The van der Waals surface area contributed by atoms with Gasteiger partial charge in [-0.3, -0.25) is 4.79 Å². The Labute approximate surface area is 91.8 Å². The summed E-state index contributed by atoms with van der Waals surface area (Å²) in [6.07, 6.45) is 3.72. The lowest BCUT2D eigenvalue weighted by molar-refractivity contribution is -0.141. The first kappa shape index (κ1) is 12.5. The van der Waals surface area contributed by atoms with E-state index in [1.807, 2.05) is 7.05 Å². The zero-order valence-electron chi connectivity index (χ0n) is 9.74. The second-order valence-corrected chi connectivity index (χ2v) is 4.17. The molecule has 2 unspecified atom stereocenters. The highest BCUT2D eigenvalue weighted by molar-refractivity contribution is 5.80. The summed E-state index contributed by atoms with van der Waals surface area (Å²) in [5.41, 5.74) is 5.50. The van der Waals surface area contributed by atoms with Gasteiger partial charge in [0.1, 0.15) is 6.10 Å². The maximum absolute atomic E-state index is 11.9. The van der Waals surface area contributed by atoms with Gasteiger partial charge in [0, 0.05) is 20.1 Å². The Bertz CT molecular complexity index is 209. The monoisotopic (exact) mass is 214 g/mol. The number of rotatable bonds is 5. The van der Waals surface area contributed by atoms with Gasteiger partial charge in [-0.1, -0.05) is 13.3 Å². The van der Waals surface area contributed by atoms with Crippen LogP contribution in [0.15, 0.2) is 0 Å². The SMILES string of the molecule is CCCCN(C)C(=O)C1CCC(CN)O1. The fourth-order valence-corrected chi connectivity index (χ4v) is 1.81. The second-order valence-electron chi connectivity index (χ2n) is 4.17. The Balaban J connectivity index is 2.33. The van der Waals surface area contributed by atoms with E-state index in [1.54, 1.807) is 4.90 Å². The van der Waals surface area contributed by atoms with Crippen molar-refractivity contribution in [3.05, 3.63) is 0 Å². The number of carbonyl (C=O) groups is 1. The first-order valence-corrected chi connectivity index (χ1v) is 5.79. The first-order valence-electron chi connectivity index (χ1n) is 5.79. The molecule has 0 radical (unpaired) electrons. The highest BCUT2D eigenvalue weighted by Gasteiger charge is 2.31. The number of nitrogens with two attached hydrogens (primary N) is 1. The lowest BCUT2D eigenvalue weighted by Crippen LogP contribution is -2.37. The molecule has 2 atom stereocenters. The van der Waals surface area contributed by atoms with E-state index in [0.29, 0.717) is 6.54 Å². The fourth-order valence-electron chi connectivity index (χ4n) is 1.81. The molecule has 4 heteroatoms. The average molecular weight is 214 g/mol. The lowest BCUT2D eigenvalue weighted by atomic mass is 10.2. The van der Waals surface area contributed by atoms with Crippen LogP contribution in [-0.2, 0) is 9.53 Å². The van der Waals surface area contributed by atoms with Crippen molar-refractivity contribution in [2.24, 2.45) is 5.73 Å². The number of nitrogens with zero attached hydrogens (tertiary/aromatic N) is 1. The van der Waals surface area contributed by atoms with Gasteiger partial charge in [-0.15, -0.1) is 0 Å². The van der Waals surface area contributed by atoms with E-state index in [2.05, 4.69) is 6.92 Å². The topological polar surface area (TPSA) is 55.6 Å². The van der Waals surface area contributed by atoms with Gasteiger partial charge in [0.25, 0.3) is 5.91 Å². The summed E-state index contributed by atoms with van der Waals surface area (Å²) >= 11 is 0. The molecule has 1 heterocycles. The van der Waals surface area contributed by atoms with E-state index in [4.69, 9.17) is 10.5 Å². The summed E-state index contributed by atoms with van der Waals surface area (Å²) in [6.45, 7) is 3.46. The van der Waals surface area contributed by atoms with Gasteiger partial charge in [0.05, 0.1) is 6.10 Å². The van der Waals surface area contributed by atoms with Gasteiger partial charge in [-0.05, 0) is 19.3 Å². The summed E-state index contributed by atoms with van der Waals surface area (Å²) in [7, 11) is 1.84. The van der Waals surface area contributed by atoms with Gasteiger partial charge in [-0.2, -0.15) is 0 Å². The van der Waals surface area contributed by atoms with Gasteiger partial charge in [-0.25, -0.2) is 0 Å². The van der Waals surface area contributed by atoms with Crippen molar-refractivity contribution < 1.29 is 9.53 Å². The number of ether oxygens (including phenoxy) is 1. The molecule has 0 aliphatic carbocycles. The molecule has 0 aromatic carbocycles. The summed E-state index contributed by atoms with van der Waals surface area (Å²) in [5, 5.41) is 0. The molecular formula is C11H22N2O2. The van der Waals surface area contributed by atoms with Crippen LogP contribution in [-0.4, -0.2) is 43.2 Å². The third-order valence-electron chi connectivity index (χ3n) is 2.87. The zero-order chi connectivity index (χ0) is 11.3.